The number of rotatable bonds is 3. The van der Waals surface area contributed by atoms with Crippen molar-refractivity contribution < 1.29 is 26.3 Å². The third kappa shape index (κ3) is 3.52. The molecule has 0 saturated carbocycles. The van der Waals surface area contributed by atoms with E-state index >= 15 is 0 Å². The molecule has 0 spiro atoms. The van der Waals surface area contributed by atoms with Crippen LogP contribution in [0.25, 0.3) is 0 Å². The Morgan fingerprint density at radius 1 is 1.39 bits per heavy atom. The van der Waals surface area contributed by atoms with Crippen LogP contribution < -0.4 is 4.74 Å². The van der Waals surface area contributed by atoms with Gasteiger partial charge in [0.15, 0.2) is 5.25 Å². The summed E-state index contributed by atoms with van der Waals surface area (Å²) < 4.78 is 65.3. The van der Waals surface area contributed by atoms with Gasteiger partial charge >= 0.3 is 6.18 Å². The van der Waals surface area contributed by atoms with Crippen LogP contribution in [0.1, 0.15) is 10.8 Å². The second kappa shape index (κ2) is 5.26. The molecule has 1 aromatic rings. The van der Waals surface area contributed by atoms with Crippen molar-refractivity contribution in [3.05, 3.63) is 28.2 Å². The van der Waals surface area contributed by atoms with Gasteiger partial charge in [0.25, 0.3) is 0 Å². The van der Waals surface area contributed by atoms with E-state index in [9.17, 15) is 21.6 Å². The monoisotopic (exact) mass is 366 g/mol. The predicted octanol–water partition coefficient (Wildman–Crippen LogP) is 3.63. The molecule has 0 aliphatic carbocycles. The molecule has 0 radical (unpaired) electrons. The van der Waals surface area contributed by atoms with Gasteiger partial charge in [-0.2, -0.15) is 13.2 Å². The minimum atomic E-state index is -5.02. The van der Waals surface area contributed by atoms with Crippen LogP contribution in [0.4, 0.5) is 13.2 Å². The van der Waals surface area contributed by atoms with E-state index in [0.717, 1.165) is 6.07 Å². The summed E-state index contributed by atoms with van der Waals surface area (Å²) >= 11 is 2.87. The van der Waals surface area contributed by atoms with Crippen molar-refractivity contribution in [2.45, 2.75) is 11.4 Å². The van der Waals surface area contributed by atoms with E-state index in [4.69, 9.17) is 15.4 Å². The molecule has 1 unspecified atom stereocenters. The van der Waals surface area contributed by atoms with Crippen molar-refractivity contribution in [3.63, 3.8) is 0 Å². The SMILES string of the molecule is COc1ccc(Br)c(C(C(F)(F)F)S(=O)(=O)Cl)c1. The van der Waals surface area contributed by atoms with E-state index in [-0.39, 0.29) is 10.2 Å². The maximum atomic E-state index is 12.8. The number of halogens is 5. The fourth-order valence-electron chi connectivity index (χ4n) is 1.34. The molecule has 102 valence electrons. The number of hydrogen-bond donors (Lipinski definition) is 0. The van der Waals surface area contributed by atoms with Gasteiger partial charge in [-0.15, -0.1) is 0 Å². The summed E-state index contributed by atoms with van der Waals surface area (Å²) in [5.74, 6) is 0.0998. The average molecular weight is 368 g/mol. The molecule has 0 aliphatic rings. The predicted molar refractivity (Wildman–Crippen MR) is 64.3 cm³/mol. The van der Waals surface area contributed by atoms with Gasteiger partial charge in [-0.1, -0.05) is 15.9 Å². The molecule has 0 saturated heterocycles. The van der Waals surface area contributed by atoms with Crippen LogP contribution in [0.5, 0.6) is 5.75 Å². The summed E-state index contributed by atoms with van der Waals surface area (Å²) in [5.41, 5.74) is -0.517. The molecule has 3 nitrogen and oxygen atoms in total. The maximum absolute atomic E-state index is 12.8. The first-order valence-electron chi connectivity index (χ1n) is 4.41. The number of ether oxygens (including phenoxy) is 1. The molecule has 1 atom stereocenters. The van der Waals surface area contributed by atoms with E-state index in [2.05, 4.69) is 15.9 Å². The Labute approximate surface area is 114 Å². The molecule has 1 aromatic carbocycles. The molecular weight excluding hydrogens is 361 g/mol. The molecule has 0 heterocycles. The van der Waals surface area contributed by atoms with Crippen LogP contribution in [-0.2, 0) is 9.05 Å². The maximum Gasteiger partial charge on any atom is 0.410 e. The van der Waals surface area contributed by atoms with Crippen LogP contribution in [0, 0.1) is 0 Å². The zero-order valence-electron chi connectivity index (χ0n) is 8.83. The van der Waals surface area contributed by atoms with Gasteiger partial charge in [0.05, 0.1) is 7.11 Å². The summed E-state index contributed by atoms with van der Waals surface area (Å²) in [4.78, 5) is 0. The van der Waals surface area contributed by atoms with Crippen LogP contribution in [-0.4, -0.2) is 21.7 Å². The largest absolute Gasteiger partial charge is 0.497 e. The highest BCUT2D eigenvalue weighted by Crippen LogP contribution is 2.44. The fourth-order valence-corrected chi connectivity index (χ4v) is 3.37. The second-order valence-corrected chi connectivity index (χ2v) is 6.85. The summed E-state index contributed by atoms with van der Waals surface area (Å²) in [7, 11) is 1.27. The Morgan fingerprint density at radius 2 is 1.94 bits per heavy atom. The fraction of sp³-hybridized carbons (Fsp3) is 0.333. The Hall–Kier alpha value is -0.470. The number of alkyl halides is 3. The van der Waals surface area contributed by atoms with Gasteiger partial charge in [-0.25, -0.2) is 8.42 Å². The molecule has 0 amide bonds. The third-order valence-electron chi connectivity index (χ3n) is 2.06. The highest BCUT2D eigenvalue weighted by Gasteiger charge is 2.50. The number of hydrogen-bond acceptors (Lipinski definition) is 3. The normalized spacial score (nSPS) is 14.3. The summed E-state index contributed by atoms with van der Waals surface area (Å²) in [5, 5.41) is -2.81. The standard InChI is InChI=1S/C9H7BrClF3O3S/c1-17-5-2-3-7(10)6(4-5)8(9(12,13)14)18(11,15)16/h2-4,8H,1H3. The van der Waals surface area contributed by atoms with Crippen molar-refractivity contribution in [1.29, 1.82) is 0 Å². The summed E-state index contributed by atoms with van der Waals surface area (Å²) in [6, 6.07) is 3.62. The van der Waals surface area contributed by atoms with Gasteiger partial charge in [0.2, 0.25) is 9.05 Å². The van der Waals surface area contributed by atoms with E-state index in [1.54, 1.807) is 0 Å². The first kappa shape index (κ1) is 15.6. The molecule has 9 heteroatoms. The first-order valence-corrected chi connectivity index (χ1v) is 7.57. The topological polar surface area (TPSA) is 43.4 Å². The zero-order valence-corrected chi connectivity index (χ0v) is 12.0. The molecule has 0 fully saturated rings. The van der Waals surface area contributed by atoms with Gasteiger partial charge in [-0.05, 0) is 23.8 Å². The lowest BCUT2D eigenvalue weighted by molar-refractivity contribution is -0.131. The van der Waals surface area contributed by atoms with Crippen LogP contribution in [0.3, 0.4) is 0 Å². The second-order valence-electron chi connectivity index (χ2n) is 3.28. The van der Waals surface area contributed by atoms with Crippen molar-refractivity contribution in [3.8, 4) is 5.75 Å². The summed E-state index contributed by atoms with van der Waals surface area (Å²) in [6.07, 6.45) is -5.02. The van der Waals surface area contributed by atoms with Crippen molar-refractivity contribution in [2.75, 3.05) is 7.11 Å². The van der Waals surface area contributed by atoms with Crippen molar-refractivity contribution in [2.24, 2.45) is 0 Å². The highest BCUT2D eigenvalue weighted by molar-refractivity contribution is 9.10. The molecule has 0 aromatic heterocycles. The van der Waals surface area contributed by atoms with E-state index < -0.39 is 26.0 Å². The quantitative estimate of drug-likeness (QED) is 0.766. The highest BCUT2D eigenvalue weighted by atomic mass is 79.9. The smallest absolute Gasteiger partial charge is 0.410 e. The number of methoxy groups -OCH3 is 1. The van der Waals surface area contributed by atoms with Gasteiger partial charge in [0, 0.05) is 15.2 Å². The van der Waals surface area contributed by atoms with Gasteiger partial charge in [-0.3, -0.25) is 0 Å². The van der Waals surface area contributed by atoms with E-state index in [0.29, 0.717) is 0 Å². The van der Waals surface area contributed by atoms with Crippen molar-refractivity contribution >= 4 is 35.7 Å². The molecular formula is C9H7BrClF3O3S. The Bertz CT molecular complexity index is 544. The molecule has 0 N–H and O–H groups in total. The lowest BCUT2D eigenvalue weighted by Crippen LogP contribution is -2.26. The lowest BCUT2D eigenvalue weighted by Gasteiger charge is -2.19. The molecule has 18 heavy (non-hydrogen) atoms. The average Bonchev–Trinajstić information content (AvgIpc) is 2.17. The lowest BCUT2D eigenvalue weighted by atomic mass is 10.1. The van der Waals surface area contributed by atoms with Crippen LogP contribution in [0.15, 0.2) is 22.7 Å². The molecule has 0 aliphatic heterocycles. The number of benzene rings is 1. The minimum absolute atomic E-state index is 0.0187. The Balaban J connectivity index is 3.48. The zero-order chi connectivity index (χ0) is 14.1. The Morgan fingerprint density at radius 3 is 2.33 bits per heavy atom. The minimum Gasteiger partial charge on any atom is -0.497 e. The molecule has 0 bridgehead atoms. The Kier molecular flexibility index (Phi) is 4.56. The van der Waals surface area contributed by atoms with Crippen LogP contribution >= 0.6 is 26.6 Å². The van der Waals surface area contributed by atoms with E-state index in [1.807, 2.05) is 0 Å². The van der Waals surface area contributed by atoms with Crippen molar-refractivity contribution in [1.82, 2.24) is 0 Å². The van der Waals surface area contributed by atoms with E-state index in [1.165, 1.54) is 19.2 Å². The van der Waals surface area contributed by atoms with Crippen LogP contribution in [0.2, 0.25) is 0 Å². The van der Waals surface area contributed by atoms with Gasteiger partial charge < -0.3 is 4.74 Å². The van der Waals surface area contributed by atoms with Gasteiger partial charge in [0.1, 0.15) is 5.75 Å². The summed E-state index contributed by atoms with van der Waals surface area (Å²) in [6.45, 7) is 0. The third-order valence-corrected chi connectivity index (χ3v) is 4.41. The molecule has 1 rings (SSSR count). The first-order chi connectivity index (χ1) is 8.07.